The summed E-state index contributed by atoms with van der Waals surface area (Å²) in [5.74, 6) is -1.28. The number of nitrogens with one attached hydrogen (secondary N) is 1. The zero-order chi connectivity index (χ0) is 23.1. The standard InChI is InChI=1S/C15H16ClN3O7S2.C2H4/c1-8-3-9-5-11(28(23,24)25)14(19-17-2)15(21)13(9)10(4-8)18-12(20)6-26-27(22)7-16;1-2/h3-5,21H,6-7H2,1-2H3,(H,18,20)(H,23,24,25);1-2H2. The highest BCUT2D eigenvalue weighted by Crippen LogP contribution is 2.44. The van der Waals surface area contributed by atoms with E-state index in [2.05, 4.69) is 28.7 Å². The van der Waals surface area contributed by atoms with Crippen LogP contribution in [0, 0.1) is 6.92 Å². The number of anilines is 1. The number of aryl methyl sites for hydroxylation is 1. The van der Waals surface area contributed by atoms with Crippen molar-refractivity contribution in [2.24, 2.45) is 10.2 Å². The van der Waals surface area contributed by atoms with E-state index in [1.54, 1.807) is 13.0 Å². The average molecular weight is 478 g/mol. The molecule has 0 fully saturated rings. The van der Waals surface area contributed by atoms with Crippen molar-refractivity contribution in [3.05, 3.63) is 36.9 Å². The van der Waals surface area contributed by atoms with Gasteiger partial charge in [0.1, 0.15) is 22.4 Å². The van der Waals surface area contributed by atoms with Crippen molar-refractivity contribution in [1.29, 1.82) is 0 Å². The van der Waals surface area contributed by atoms with Crippen molar-refractivity contribution in [2.75, 3.05) is 24.2 Å². The molecule has 3 N–H and O–H groups in total. The summed E-state index contributed by atoms with van der Waals surface area (Å²) in [5, 5.41) is 20.1. The second-order valence-electron chi connectivity index (χ2n) is 5.48. The molecule has 0 saturated carbocycles. The summed E-state index contributed by atoms with van der Waals surface area (Å²) >= 11 is 3.51. The first-order chi connectivity index (χ1) is 14.1. The Labute approximate surface area is 181 Å². The second-order valence-corrected chi connectivity index (χ2v) is 8.59. The van der Waals surface area contributed by atoms with Crippen molar-refractivity contribution >= 4 is 60.9 Å². The summed E-state index contributed by atoms with van der Waals surface area (Å²) < 4.78 is 48.7. The lowest BCUT2D eigenvalue weighted by Gasteiger charge is -2.14. The van der Waals surface area contributed by atoms with Crippen LogP contribution >= 0.6 is 11.6 Å². The second kappa shape index (κ2) is 11.1. The molecule has 13 heteroatoms. The van der Waals surface area contributed by atoms with Gasteiger partial charge in [0.05, 0.1) is 5.69 Å². The quantitative estimate of drug-likeness (QED) is 0.239. The molecule has 30 heavy (non-hydrogen) atoms. The summed E-state index contributed by atoms with van der Waals surface area (Å²) in [6.07, 6.45) is 0. The summed E-state index contributed by atoms with van der Waals surface area (Å²) in [6, 6.07) is 4.18. The Morgan fingerprint density at radius 1 is 1.33 bits per heavy atom. The third-order valence-corrected chi connectivity index (χ3v) is 5.42. The first kappa shape index (κ1) is 25.7. The van der Waals surface area contributed by atoms with E-state index in [1.165, 1.54) is 13.1 Å². The number of aromatic hydroxyl groups is 1. The average Bonchev–Trinajstić information content (AvgIpc) is 2.68. The molecule has 0 heterocycles. The predicted molar refractivity (Wildman–Crippen MR) is 115 cm³/mol. The van der Waals surface area contributed by atoms with Crippen LogP contribution in [-0.4, -0.2) is 47.1 Å². The van der Waals surface area contributed by atoms with Crippen LogP contribution in [0.5, 0.6) is 5.75 Å². The number of alkyl halides is 1. The van der Waals surface area contributed by atoms with Gasteiger partial charge in [-0.15, -0.1) is 24.8 Å². The zero-order valence-corrected chi connectivity index (χ0v) is 18.5. The number of rotatable bonds is 7. The van der Waals surface area contributed by atoms with E-state index in [9.17, 15) is 27.1 Å². The van der Waals surface area contributed by atoms with E-state index in [-0.39, 0.29) is 21.7 Å². The summed E-state index contributed by atoms with van der Waals surface area (Å²) in [7, 11) is -3.45. The van der Waals surface area contributed by atoms with Gasteiger partial charge in [-0.1, -0.05) is 6.07 Å². The maximum absolute atomic E-state index is 12.1. The molecule has 0 radical (unpaired) electrons. The first-order valence-electron chi connectivity index (χ1n) is 8.03. The number of carbonyl (C=O) groups is 1. The largest absolute Gasteiger partial charge is 0.505 e. The first-order valence-corrected chi connectivity index (χ1v) is 11.3. The Morgan fingerprint density at radius 2 is 1.97 bits per heavy atom. The molecule has 1 atom stereocenters. The molecule has 0 aliphatic carbocycles. The van der Waals surface area contributed by atoms with Gasteiger partial charge in [-0.05, 0) is 30.0 Å². The van der Waals surface area contributed by atoms with E-state index >= 15 is 0 Å². The minimum Gasteiger partial charge on any atom is -0.505 e. The number of carbonyl (C=O) groups excluding carboxylic acids is 1. The smallest absolute Gasteiger partial charge is 0.296 e. The summed E-state index contributed by atoms with van der Waals surface area (Å²) in [4.78, 5) is 11.4. The lowest BCUT2D eigenvalue weighted by Crippen LogP contribution is -2.19. The van der Waals surface area contributed by atoms with Crippen molar-refractivity contribution in [3.63, 3.8) is 0 Å². The molecule has 164 valence electrons. The SMILES string of the molecule is C=C.CN=Nc1c(S(=O)(=O)O)cc2cc(C)cc(NC(=O)COS(=O)CCl)c2c1O. The van der Waals surface area contributed by atoms with Gasteiger partial charge in [0.2, 0.25) is 0 Å². The van der Waals surface area contributed by atoms with Gasteiger partial charge >= 0.3 is 0 Å². The number of phenols is 1. The summed E-state index contributed by atoms with van der Waals surface area (Å²) in [6.45, 7) is 7.12. The Morgan fingerprint density at radius 3 is 2.50 bits per heavy atom. The predicted octanol–water partition coefficient (Wildman–Crippen LogP) is 3.43. The molecule has 2 aromatic carbocycles. The maximum Gasteiger partial charge on any atom is 0.296 e. The molecule has 1 unspecified atom stereocenters. The molecule has 2 rings (SSSR count). The maximum atomic E-state index is 12.1. The lowest BCUT2D eigenvalue weighted by atomic mass is 10.0. The number of hydrogen-bond donors (Lipinski definition) is 3. The van der Waals surface area contributed by atoms with Crippen LogP contribution < -0.4 is 5.32 Å². The van der Waals surface area contributed by atoms with E-state index in [4.69, 9.17) is 15.8 Å². The van der Waals surface area contributed by atoms with Crippen LogP contribution in [-0.2, 0) is 30.2 Å². The van der Waals surface area contributed by atoms with E-state index in [1.807, 2.05) is 0 Å². The molecule has 2 aromatic rings. The number of phenolic OH excluding ortho intramolecular Hbond substituents is 1. The van der Waals surface area contributed by atoms with Crippen LogP contribution in [0.4, 0.5) is 11.4 Å². The third-order valence-electron chi connectivity index (χ3n) is 3.46. The van der Waals surface area contributed by atoms with Crippen LogP contribution in [0.2, 0.25) is 0 Å². The number of fused-ring (bicyclic) bond motifs is 1. The van der Waals surface area contributed by atoms with Crippen LogP contribution in [0.1, 0.15) is 5.56 Å². The van der Waals surface area contributed by atoms with E-state index < -0.39 is 50.0 Å². The van der Waals surface area contributed by atoms with Gasteiger partial charge in [-0.25, -0.2) is 4.21 Å². The number of amides is 1. The molecule has 1 amide bonds. The fourth-order valence-electron chi connectivity index (χ4n) is 2.47. The Kier molecular flexibility index (Phi) is 9.52. The topological polar surface area (TPSA) is 155 Å². The van der Waals surface area contributed by atoms with Crippen molar-refractivity contribution in [1.82, 2.24) is 0 Å². The van der Waals surface area contributed by atoms with Gasteiger partial charge in [0.25, 0.3) is 16.0 Å². The van der Waals surface area contributed by atoms with Crippen LogP contribution in [0.25, 0.3) is 10.8 Å². The van der Waals surface area contributed by atoms with Crippen LogP contribution in [0.15, 0.2) is 46.5 Å². The highest BCUT2D eigenvalue weighted by Gasteiger charge is 2.24. The molecule has 10 nitrogen and oxygen atoms in total. The highest BCUT2D eigenvalue weighted by atomic mass is 35.5. The van der Waals surface area contributed by atoms with Gasteiger partial charge in [-0.3, -0.25) is 13.5 Å². The van der Waals surface area contributed by atoms with Gasteiger partial charge < -0.3 is 10.4 Å². The molecular weight excluding hydrogens is 458 g/mol. The molecule has 0 aliphatic rings. The van der Waals surface area contributed by atoms with Crippen molar-refractivity contribution < 1.29 is 31.3 Å². The molecule has 0 bridgehead atoms. The third kappa shape index (κ3) is 6.31. The number of hydrogen-bond acceptors (Lipinski definition) is 8. The molecule has 0 saturated heterocycles. The number of nitrogens with zero attached hydrogens (tertiary/aromatic N) is 2. The van der Waals surface area contributed by atoms with E-state index in [0.29, 0.717) is 5.56 Å². The monoisotopic (exact) mass is 477 g/mol. The molecular formula is C17H20ClN3O7S2. The number of halogens is 1. The molecule has 0 aromatic heterocycles. The minimum absolute atomic E-state index is 0.0761. The zero-order valence-electron chi connectivity index (χ0n) is 16.1. The van der Waals surface area contributed by atoms with Crippen molar-refractivity contribution in [2.45, 2.75) is 11.8 Å². The van der Waals surface area contributed by atoms with Gasteiger partial charge in [0.15, 0.2) is 16.8 Å². The summed E-state index contributed by atoms with van der Waals surface area (Å²) in [5.41, 5.74) is 0.280. The van der Waals surface area contributed by atoms with Crippen molar-refractivity contribution in [3.8, 4) is 5.75 Å². The highest BCUT2D eigenvalue weighted by molar-refractivity contribution is 7.86. The number of azo groups is 1. The Hall–Kier alpha value is -2.38. The number of benzene rings is 2. The normalized spacial score (nSPS) is 12.4. The fourth-order valence-corrected chi connectivity index (χ4v) is 3.61. The molecule has 0 spiro atoms. The van der Waals surface area contributed by atoms with Gasteiger partial charge in [-0.2, -0.15) is 18.6 Å². The Bertz CT molecular complexity index is 1100. The van der Waals surface area contributed by atoms with Crippen LogP contribution in [0.3, 0.4) is 0 Å². The lowest BCUT2D eigenvalue weighted by molar-refractivity contribution is -0.117. The molecule has 0 aliphatic heterocycles. The van der Waals surface area contributed by atoms with E-state index in [0.717, 1.165) is 6.07 Å². The van der Waals surface area contributed by atoms with Gasteiger partial charge in [0, 0.05) is 12.4 Å². The Balaban J connectivity index is 0.00000218. The fraction of sp³-hybridized carbons (Fsp3) is 0.235. The minimum atomic E-state index is -4.71.